The summed E-state index contributed by atoms with van der Waals surface area (Å²) in [7, 11) is -1.56. The molecule has 1 aromatic heterocycles. The zero-order valence-electron chi connectivity index (χ0n) is 15.4. The normalized spacial score (nSPS) is 14.5. The third kappa shape index (κ3) is 3.59. The van der Waals surface area contributed by atoms with E-state index in [0.29, 0.717) is 14.9 Å². The predicted molar refractivity (Wildman–Crippen MR) is 105 cm³/mol. The number of sulfonamides is 1. The third-order valence-corrected chi connectivity index (χ3v) is 6.87. The molecule has 154 valence electrons. The van der Waals surface area contributed by atoms with Crippen molar-refractivity contribution in [2.75, 3.05) is 26.1 Å². The highest BCUT2D eigenvalue weighted by Crippen LogP contribution is 2.38. The number of anilines is 1. The van der Waals surface area contributed by atoms with Crippen LogP contribution >= 0.6 is 23.2 Å². The van der Waals surface area contributed by atoms with E-state index in [9.17, 15) is 18.0 Å². The van der Waals surface area contributed by atoms with Gasteiger partial charge in [0.05, 0.1) is 29.8 Å². The first-order valence-corrected chi connectivity index (χ1v) is 10.2. The SMILES string of the molecule is COc1cc2c(cc1OC)S(=O)(=O)N(CC(=O)Nc1ncc(Cl)c(C)c1Cl)C2=O. The molecule has 1 aromatic carbocycles. The Kier molecular flexibility index (Phi) is 5.61. The number of methoxy groups -OCH3 is 2. The van der Waals surface area contributed by atoms with Gasteiger partial charge >= 0.3 is 0 Å². The van der Waals surface area contributed by atoms with Crippen molar-refractivity contribution in [2.24, 2.45) is 0 Å². The average molecular weight is 460 g/mol. The van der Waals surface area contributed by atoms with Crippen LogP contribution in [0.15, 0.2) is 23.2 Å². The molecule has 0 atom stereocenters. The monoisotopic (exact) mass is 459 g/mol. The average Bonchev–Trinajstić information content (AvgIpc) is 2.87. The highest BCUT2D eigenvalue weighted by Gasteiger charge is 2.43. The number of nitrogens with zero attached hydrogens (tertiary/aromatic N) is 2. The largest absolute Gasteiger partial charge is 0.493 e. The van der Waals surface area contributed by atoms with Crippen molar-refractivity contribution in [3.63, 3.8) is 0 Å². The summed E-state index contributed by atoms with van der Waals surface area (Å²) in [6, 6.07) is 2.44. The fourth-order valence-corrected chi connectivity index (χ4v) is 4.62. The van der Waals surface area contributed by atoms with Crippen LogP contribution in [0.5, 0.6) is 11.5 Å². The minimum absolute atomic E-state index is 0.00321. The van der Waals surface area contributed by atoms with Gasteiger partial charge in [-0.1, -0.05) is 23.2 Å². The summed E-state index contributed by atoms with van der Waals surface area (Å²) in [5, 5.41) is 2.81. The van der Waals surface area contributed by atoms with E-state index in [1.165, 1.54) is 32.5 Å². The van der Waals surface area contributed by atoms with Gasteiger partial charge in [-0.25, -0.2) is 17.7 Å². The molecule has 0 bridgehead atoms. The number of nitrogens with one attached hydrogen (secondary N) is 1. The second-order valence-corrected chi connectivity index (χ2v) is 8.58. The number of amides is 2. The molecule has 1 aliphatic heterocycles. The molecule has 0 fully saturated rings. The standard InChI is InChI=1S/C17H15Cl2N3O6S/c1-8-10(18)6-20-16(15(8)19)21-14(23)7-22-17(24)9-4-11(27-2)12(28-3)5-13(9)29(22,25)26/h4-6H,7H2,1-3H3,(H,20,21,23). The summed E-state index contributed by atoms with van der Waals surface area (Å²) in [6.45, 7) is 0.869. The minimum atomic E-state index is -4.25. The van der Waals surface area contributed by atoms with Crippen LogP contribution in [0.2, 0.25) is 10.0 Å². The number of hydrogen-bond acceptors (Lipinski definition) is 7. The molecule has 0 saturated carbocycles. The van der Waals surface area contributed by atoms with Crippen LogP contribution in [0.25, 0.3) is 0 Å². The minimum Gasteiger partial charge on any atom is -0.493 e. The lowest BCUT2D eigenvalue weighted by atomic mass is 10.2. The summed E-state index contributed by atoms with van der Waals surface area (Å²) in [4.78, 5) is 28.7. The molecule has 3 rings (SSSR count). The topological polar surface area (TPSA) is 115 Å². The van der Waals surface area contributed by atoms with Crippen molar-refractivity contribution >= 4 is 50.9 Å². The second-order valence-electron chi connectivity index (χ2n) is 5.96. The zero-order valence-corrected chi connectivity index (χ0v) is 17.8. The molecule has 29 heavy (non-hydrogen) atoms. The molecule has 2 heterocycles. The Morgan fingerprint density at radius 1 is 1.21 bits per heavy atom. The van der Waals surface area contributed by atoms with Crippen molar-refractivity contribution < 1.29 is 27.5 Å². The van der Waals surface area contributed by atoms with Gasteiger partial charge in [0.2, 0.25) is 5.91 Å². The van der Waals surface area contributed by atoms with Gasteiger partial charge < -0.3 is 14.8 Å². The van der Waals surface area contributed by atoms with Gasteiger partial charge in [0.1, 0.15) is 11.4 Å². The maximum absolute atomic E-state index is 12.8. The van der Waals surface area contributed by atoms with E-state index in [2.05, 4.69) is 10.3 Å². The summed E-state index contributed by atoms with van der Waals surface area (Å²) < 4.78 is 36.2. The van der Waals surface area contributed by atoms with Crippen LogP contribution < -0.4 is 14.8 Å². The number of hydrogen-bond donors (Lipinski definition) is 1. The summed E-state index contributed by atoms with van der Waals surface area (Å²) >= 11 is 12.0. The fraction of sp³-hybridized carbons (Fsp3) is 0.235. The van der Waals surface area contributed by atoms with Gasteiger partial charge in [0, 0.05) is 12.3 Å². The molecule has 0 aliphatic carbocycles. The van der Waals surface area contributed by atoms with E-state index in [4.69, 9.17) is 32.7 Å². The summed E-state index contributed by atoms with van der Waals surface area (Å²) in [6.07, 6.45) is 1.30. The first-order valence-electron chi connectivity index (χ1n) is 8.05. The van der Waals surface area contributed by atoms with Gasteiger partial charge in [-0.3, -0.25) is 9.59 Å². The molecule has 0 unspecified atom stereocenters. The van der Waals surface area contributed by atoms with Gasteiger partial charge in [-0.05, 0) is 18.6 Å². The number of aromatic nitrogens is 1. The molecule has 1 N–H and O–H groups in total. The van der Waals surface area contributed by atoms with Crippen LogP contribution in [0.3, 0.4) is 0 Å². The number of benzene rings is 1. The Balaban J connectivity index is 1.89. The first-order chi connectivity index (χ1) is 13.6. The number of halogens is 2. The third-order valence-electron chi connectivity index (χ3n) is 4.26. The van der Waals surface area contributed by atoms with Crippen LogP contribution in [0.4, 0.5) is 5.82 Å². The Labute approximate surface area is 176 Å². The lowest BCUT2D eigenvalue weighted by molar-refractivity contribution is -0.116. The summed E-state index contributed by atoms with van der Waals surface area (Å²) in [5.41, 5.74) is 0.379. The van der Waals surface area contributed by atoms with Crippen LogP contribution in [-0.2, 0) is 14.8 Å². The second kappa shape index (κ2) is 7.69. The lowest BCUT2D eigenvalue weighted by Gasteiger charge is -2.15. The highest BCUT2D eigenvalue weighted by molar-refractivity contribution is 7.90. The number of rotatable bonds is 5. The highest BCUT2D eigenvalue weighted by atomic mass is 35.5. The molecule has 2 amide bonds. The van der Waals surface area contributed by atoms with E-state index in [1.807, 2.05) is 0 Å². The lowest BCUT2D eigenvalue weighted by Crippen LogP contribution is -2.37. The fourth-order valence-electron chi connectivity index (χ4n) is 2.71. The van der Waals surface area contributed by atoms with Crippen LogP contribution in [0.1, 0.15) is 15.9 Å². The molecule has 2 aromatic rings. The quantitative estimate of drug-likeness (QED) is 0.729. The molecule has 1 aliphatic rings. The van der Waals surface area contributed by atoms with Gasteiger partial charge in [-0.2, -0.15) is 0 Å². The number of fused-ring (bicyclic) bond motifs is 1. The van der Waals surface area contributed by atoms with Gasteiger partial charge in [0.15, 0.2) is 17.3 Å². The predicted octanol–water partition coefficient (Wildman–Crippen LogP) is 2.50. The molecular formula is C17H15Cl2N3O6S. The molecule has 9 nitrogen and oxygen atoms in total. The van der Waals surface area contributed by atoms with E-state index in [-0.39, 0.29) is 32.8 Å². The molecule has 0 radical (unpaired) electrons. The Morgan fingerprint density at radius 2 is 1.83 bits per heavy atom. The first kappa shape index (κ1) is 21.2. The maximum Gasteiger partial charge on any atom is 0.269 e. The Hall–Kier alpha value is -2.56. The Morgan fingerprint density at radius 3 is 2.45 bits per heavy atom. The van der Waals surface area contributed by atoms with Crippen LogP contribution in [-0.4, -0.2) is 50.3 Å². The molecule has 0 spiro atoms. The number of ether oxygens (including phenoxy) is 2. The number of pyridine rings is 1. The molecule has 12 heteroatoms. The van der Waals surface area contributed by atoms with Crippen molar-refractivity contribution in [1.29, 1.82) is 0 Å². The molecule has 0 saturated heterocycles. The molecular weight excluding hydrogens is 445 g/mol. The van der Waals surface area contributed by atoms with Crippen molar-refractivity contribution in [3.05, 3.63) is 39.5 Å². The van der Waals surface area contributed by atoms with Crippen molar-refractivity contribution in [2.45, 2.75) is 11.8 Å². The van der Waals surface area contributed by atoms with E-state index in [0.717, 1.165) is 0 Å². The van der Waals surface area contributed by atoms with E-state index in [1.54, 1.807) is 6.92 Å². The summed E-state index contributed by atoms with van der Waals surface area (Å²) in [5.74, 6) is -1.33. The van der Waals surface area contributed by atoms with Crippen molar-refractivity contribution in [1.82, 2.24) is 9.29 Å². The number of carbonyl (C=O) groups is 2. The van der Waals surface area contributed by atoms with Crippen molar-refractivity contribution in [3.8, 4) is 11.5 Å². The maximum atomic E-state index is 12.8. The van der Waals surface area contributed by atoms with E-state index >= 15 is 0 Å². The van der Waals surface area contributed by atoms with E-state index < -0.39 is 28.4 Å². The number of carbonyl (C=O) groups excluding carboxylic acids is 2. The Bertz CT molecular complexity index is 1140. The zero-order chi connectivity index (χ0) is 21.5. The van der Waals surface area contributed by atoms with Crippen LogP contribution in [0, 0.1) is 6.92 Å². The van der Waals surface area contributed by atoms with Gasteiger partial charge in [-0.15, -0.1) is 0 Å². The van der Waals surface area contributed by atoms with Gasteiger partial charge in [0.25, 0.3) is 15.9 Å². The smallest absolute Gasteiger partial charge is 0.269 e.